The zero-order chi connectivity index (χ0) is 9.68. The van der Waals surface area contributed by atoms with E-state index in [9.17, 15) is 4.79 Å². The minimum Gasteiger partial charge on any atom is -0.480 e. The fourth-order valence-corrected chi connectivity index (χ4v) is 2.57. The van der Waals surface area contributed by atoms with Gasteiger partial charge < -0.3 is 5.11 Å². The Hall–Kier alpha value is -0.220. The van der Waals surface area contributed by atoms with Crippen molar-refractivity contribution in [2.24, 2.45) is 0 Å². The zero-order valence-electron chi connectivity index (χ0n) is 8.03. The van der Waals surface area contributed by atoms with Crippen LogP contribution in [0.3, 0.4) is 0 Å². The molecule has 1 fully saturated rings. The third kappa shape index (κ3) is 3.19. The molecule has 76 valence electrons. The van der Waals surface area contributed by atoms with Crippen molar-refractivity contribution in [3.8, 4) is 0 Å². The molecule has 0 aromatic heterocycles. The number of thioether (sulfide) groups is 1. The highest BCUT2D eigenvalue weighted by atomic mass is 32.2. The standard InChI is InChI=1S/C9H17NO2S/c1-2-8(9(11)12)10-4-3-6-13-7-5-10/h8H,2-7H2,1H3,(H,11,12). The quantitative estimate of drug-likeness (QED) is 0.750. The lowest BCUT2D eigenvalue weighted by Crippen LogP contribution is -2.41. The predicted molar refractivity (Wildman–Crippen MR) is 55.2 cm³/mol. The van der Waals surface area contributed by atoms with Gasteiger partial charge >= 0.3 is 5.97 Å². The van der Waals surface area contributed by atoms with Crippen molar-refractivity contribution in [3.05, 3.63) is 0 Å². The van der Waals surface area contributed by atoms with Gasteiger partial charge in [0.15, 0.2) is 0 Å². The second-order valence-electron chi connectivity index (χ2n) is 3.26. The first-order valence-corrected chi connectivity index (χ1v) is 5.95. The topological polar surface area (TPSA) is 40.5 Å². The number of carboxylic acid groups (broad SMARTS) is 1. The summed E-state index contributed by atoms with van der Waals surface area (Å²) in [6.07, 6.45) is 1.83. The molecule has 1 atom stereocenters. The molecule has 4 heteroatoms. The summed E-state index contributed by atoms with van der Waals surface area (Å²) in [7, 11) is 0. The molecule has 1 rings (SSSR count). The van der Waals surface area contributed by atoms with Gasteiger partial charge in [0.2, 0.25) is 0 Å². The molecule has 3 nitrogen and oxygen atoms in total. The predicted octanol–water partition coefficient (Wildman–Crippen LogP) is 1.29. The van der Waals surface area contributed by atoms with Crippen molar-refractivity contribution in [1.29, 1.82) is 0 Å². The van der Waals surface area contributed by atoms with E-state index in [0.29, 0.717) is 6.42 Å². The molecule has 1 unspecified atom stereocenters. The van der Waals surface area contributed by atoms with Crippen molar-refractivity contribution >= 4 is 17.7 Å². The molecule has 0 radical (unpaired) electrons. The lowest BCUT2D eigenvalue weighted by molar-refractivity contribution is -0.143. The Morgan fingerprint density at radius 2 is 2.31 bits per heavy atom. The number of hydrogen-bond acceptors (Lipinski definition) is 3. The monoisotopic (exact) mass is 203 g/mol. The molecule has 0 aromatic carbocycles. The number of nitrogens with zero attached hydrogens (tertiary/aromatic N) is 1. The largest absolute Gasteiger partial charge is 0.480 e. The Morgan fingerprint density at radius 1 is 1.54 bits per heavy atom. The van der Waals surface area contributed by atoms with Crippen LogP contribution in [-0.2, 0) is 4.79 Å². The molecule has 0 spiro atoms. The molecule has 0 aliphatic carbocycles. The minimum absolute atomic E-state index is 0.265. The van der Waals surface area contributed by atoms with Gasteiger partial charge in [0.05, 0.1) is 0 Å². The van der Waals surface area contributed by atoms with Crippen LogP contribution in [0.2, 0.25) is 0 Å². The third-order valence-corrected chi connectivity index (χ3v) is 3.42. The Labute approximate surface area is 83.5 Å². The van der Waals surface area contributed by atoms with Gasteiger partial charge in [0.25, 0.3) is 0 Å². The molecule has 1 heterocycles. The first-order valence-electron chi connectivity index (χ1n) is 4.80. The van der Waals surface area contributed by atoms with E-state index in [1.807, 2.05) is 18.7 Å². The van der Waals surface area contributed by atoms with Crippen LogP contribution < -0.4 is 0 Å². The maximum absolute atomic E-state index is 10.9. The SMILES string of the molecule is CCC(C(=O)O)N1CCCSCC1. The van der Waals surface area contributed by atoms with E-state index in [1.54, 1.807) is 0 Å². The summed E-state index contributed by atoms with van der Waals surface area (Å²) in [4.78, 5) is 13.0. The summed E-state index contributed by atoms with van der Waals surface area (Å²) in [5, 5.41) is 8.97. The normalized spacial score (nSPS) is 22.2. The van der Waals surface area contributed by atoms with E-state index in [2.05, 4.69) is 4.90 Å². The molecule has 0 saturated carbocycles. The highest BCUT2D eigenvalue weighted by Gasteiger charge is 2.23. The van der Waals surface area contributed by atoms with Gasteiger partial charge in [-0.2, -0.15) is 11.8 Å². The van der Waals surface area contributed by atoms with E-state index in [0.717, 1.165) is 25.3 Å². The molecule has 0 aromatic rings. The van der Waals surface area contributed by atoms with E-state index in [1.165, 1.54) is 5.75 Å². The number of rotatable bonds is 3. The van der Waals surface area contributed by atoms with Crippen molar-refractivity contribution in [3.63, 3.8) is 0 Å². The van der Waals surface area contributed by atoms with Gasteiger partial charge in [-0.3, -0.25) is 9.69 Å². The average Bonchev–Trinajstić information content (AvgIpc) is 2.33. The molecular formula is C9H17NO2S. The summed E-state index contributed by atoms with van der Waals surface area (Å²) in [6.45, 7) is 3.81. The number of carboxylic acids is 1. The smallest absolute Gasteiger partial charge is 0.320 e. The average molecular weight is 203 g/mol. The zero-order valence-corrected chi connectivity index (χ0v) is 8.85. The molecule has 1 N–H and O–H groups in total. The van der Waals surface area contributed by atoms with E-state index >= 15 is 0 Å². The lowest BCUT2D eigenvalue weighted by Gasteiger charge is -2.25. The van der Waals surface area contributed by atoms with Gasteiger partial charge in [0, 0.05) is 12.3 Å². The number of aliphatic carboxylic acids is 1. The molecule has 1 saturated heterocycles. The first kappa shape index (κ1) is 10.9. The molecule has 0 amide bonds. The van der Waals surface area contributed by atoms with Crippen molar-refractivity contribution in [2.75, 3.05) is 24.6 Å². The highest BCUT2D eigenvalue weighted by Crippen LogP contribution is 2.14. The Morgan fingerprint density at radius 3 is 2.92 bits per heavy atom. The van der Waals surface area contributed by atoms with Crippen LogP contribution in [-0.4, -0.2) is 46.6 Å². The van der Waals surface area contributed by atoms with Crippen molar-refractivity contribution in [2.45, 2.75) is 25.8 Å². The summed E-state index contributed by atoms with van der Waals surface area (Å²) < 4.78 is 0. The molecule has 13 heavy (non-hydrogen) atoms. The van der Waals surface area contributed by atoms with Crippen LogP contribution in [0, 0.1) is 0 Å². The Kier molecular flexibility index (Phi) is 4.59. The van der Waals surface area contributed by atoms with E-state index < -0.39 is 5.97 Å². The molecule has 1 aliphatic rings. The Bertz CT molecular complexity index is 167. The van der Waals surface area contributed by atoms with Gasteiger partial charge in [-0.25, -0.2) is 0 Å². The number of carbonyl (C=O) groups is 1. The first-order chi connectivity index (χ1) is 6.25. The Balaban J connectivity index is 2.50. The fraction of sp³-hybridized carbons (Fsp3) is 0.889. The number of hydrogen-bond donors (Lipinski definition) is 1. The van der Waals surface area contributed by atoms with E-state index in [4.69, 9.17) is 5.11 Å². The maximum Gasteiger partial charge on any atom is 0.320 e. The van der Waals surface area contributed by atoms with Crippen molar-refractivity contribution < 1.29 is 9.90 Å². The van der Waals surface area contributed by atoms with Crippen LogP contribution in [0.1, 0.15) is 19.8 Å². The highest BCUT2D eigenvalue weighted by molar-refractivity contribution is 7.99. The fourth-order valence-electron chi connectivity index (χ4n) is 1.67. The second-order valence-corrected chi connectivity index (χ2v) is 4.49. The summed E-state index contributed by atoms with van der Waals surface area (Å²) >= 11 is 1.92. The van der Waals surface area contributed by atoms with Gasteiger partial charge in [-0.1, -0.05) is 6.92 Å². The summed E-state index contributed by atoms with van der Waals surface area (Å²) in [6, 6.07) is -0.265. The van der Waals surface area contributed by atoms with E-state index in [-0.39, 0.29) is 6.04 Å². The minimum atomic E-state index is -0.672. The molecule has 0 bridgehead atoms. The van der Waals surface area contributed by atoms with Crippen molar-refractivity contribution in [1.82, 2.24) is 4.90 Å². The van der Waals surface area contributed by atoms with Crippen LogP contribution in [0.5, 0.6) is 0 Å². The third-order valence-electron chi connectivity index (χ3n) is 2.37. The summed E-state index contributed by atoms with van der Waals surface area (Å²) in [5.74, 6) is 1.57. The van der Waals surface area contributed by atoms with Crippen LogP contribution in [0.15, 0.2) is 0 Å². The van der Waals surface area contributed by atoms with Gasteiger partial charge in [0.1, 0.15) is 6.04 Å². The van der Waals surface area contributed by atoms with Gasteiger partial charge in [-0.05, 0) is 25.1 Å². The van der Waals surface area contributed by atoms with Crippen LogP contribution >= 0.6 is 11.8 Å². The second kappa shape index (κ2) is 5.50. The van der Waals surface area contributed by atoms with Crippen LogP contribution in [0.4, 0.5) is 0 Å². The van der Waals surface area contributed by atoms with Crippen LogP contribution in [0.25, 0.3) is 0 Å². The maximum atomic E-state index is 10.9. The van der Waals surface area contributed by atoms with Gasteiger partial charge in [-0.15, -0.1) is 0 Å². The summed E-state index contributed by atoms with van der Waals surface area (Å²) in [5.41, 5.74) is 0. The lowest BCUT2D eigenvalue weighted by atomic mass is 10.2. The molecular weight excluding hydrogens is 186 g/mol. The molecule has 1 aliphatic heterocycles.